The van der Waals surface area contributed by atoms with E-state index in [2.05, 4.69) is 10.6 Å². The first-order valence-corrected chi connectivity index (χ1v) is 6.20. The molecular weight excluding hydrogens is 288 g/mol. The molecule has 22 heavy (non-hydrogen) atoms. The van der Waals surface area contributed by atoms with E-state index in [1.54, 1.807) is 0 Å². The fraction of sp³-hybridized carbons (Fsp3) is 0. The van der Waals surface area contributed by atoms with Gasteiger partial charge in [-0.15, -0.1) is 0 Å². The molecule has 2 aromatic carbocycles. The summed E-state index contributed by atoms with van der Waals surface area (Å²) in [6.45, 7) is 0. The maximum atomic E-state index is 11.8. The summed E-state index contributed by atoms with van der Waals surface area (Å²) in [6.07, 6.45) is 0. The van der Waals surface area contributed by atoms with Crippen molar-refractivity contribution in [3.8, 4) is 11.5 Å². The van der Waals surface area contributed by atoms with Gasteiger partial charge in [-0.25, -0.2) is 4.79 Å². The number of nitrogens with one attached hydrogen (secondary N) is 2. The number of anilines is 2. The van der Waals surface area contributed by atoms with Gasteiger partial charge in [-0.1, -0.05) is 0 Å². The molecule has 0 spiro atoms. The lowest BCUT2D eigenvalue weighted by molar-refractivity contribution is 0.262. The number of aromatic hydroxyl groups is 2. The summed E-state index contributed by atoms with van der Waals surface area (Å²) in [6, 6.07) is 9.37. The summed E-state index contributed by atoms with van der Waals surface area (Å²) in [5.41, 5.74) is -0.547. The quantitative estimate of drug-likeness (QED) is 0.670. The summed E-state index contributed by atoms with van der Waals surface area (Å²) in [4.78, 5) is 34.3. The van der Waals surface area contributed by atoms with Gasteiger partial charge in [0.1, 0.15) is 0 Å². The number of carbonyl (C=O) groups is 1. The Hall–Kier alpha value is -3.35. The van der Waals surface area contributed by atoms with E-state index in [1.165, 1.54) is 36.4 Å². The van der Waals surface area contributed by atoms with E-state index in [0.717, 1.165) is 12.1 Å². The van der Waals surface area contributed by atoms with Crippen LogP contribution >= 0.6 is 0 Å². The van der Waals surface area contributed by atoms with Crippen LogP contribution in [0.15, 0.2) is 58.1 Å². The molecule has 2 aromatic rings. The van der Waals surface area contributed by atoms with Crippen molar-refractivity contribution in [2.45, 2.75) is 0 Å². The smallest absolute Gasteiger partial charge is 0.323 e. The summed E-state index contributed by atoms with van der Waals surface area (Å²) in [5.74, 6) is -0.857. The molecule has 2 amide bonds. The Kier molecular flexibility index (Phi) is 4.38. The van der Waals surface area contributed by atoms with Crippen LogP contribution in [0.5, 0.6) is 11.5 Å². The zero-order valence-electron chi connectivity index (χ0n) is 11.2. The van der Waals surface area contributed by atoms with Crippen LogP contribution in [0.2, 0.25) is 0 Å². The molecule has 0 aliphatic heterocycles. The third kappa shape index (κ3) is 3.83. The molecule has 112 valence electrons. The molecule has 0 saturated heterocycles. The standard InChI is InChI=1S/C15H12N2O5/c18-11-5-1-9(2-6-12(11)19)16-15(22)17-10-3-7-13(20)14(21)8-4-10/h1-8H,(H,18,19)(H,20,21)(H2,16,17,22). The minimum atomic E-state index is -0.615. The molecule has 7 nitrogen and oxygen atoms in total. The Morgan fingerprint density at radius 1 is 0.682 bits per heavy atom. The van der Waals surface area contributed by atoms with Gasteiger partial charge in [0.15, 0.2) is 11.5 Å². The lowest BCUT2D eigenvalue weighted by Crippen LogP contribution is -2.18. The van der Waals surface area contributed by atoms with Crippen LogP contribution in [-0.4, -0.2) is 16.2 Å². The van der Waals surface area contributed by atoms with Crippen LogP contribution in [0.3, 0.4) is 0 Å². The monoisotopic (exact) mass is 300 g/mol. The fourth-order valence-corrected chi connectivity index (χ4v) is 1.57. The molecule has 0 unspecified atom stereocenters. The predicted octanol–water partition coefficient (Wildman–Crippen LogP) is 1.46. The number of hydrogen-bond donors (Lipinski definition) is 4. The van der Waals surface area contributed by atoms with E-state index in [9.17, 15) is 24.6 Å². The SMILES string of the molecule is O=C(Nc1ccc(O)c(=O)cc1)Nc1ccc(O)c(=O)cc1. The predicted molar refractivity (Wildman–Crippen MR) is 81.4 cm³/mol. The minimum absolute atomic E-state index is 0.294. The molecule has 0 saturated carbocycles. The number of hydrogen-bond acceptors (Lipinski definition) is 5. The minimum Gasteiger partial charge on any atom is -0.504 e. The Bertz CT molecular complexity index is 767. The van der Waals surface area contributed by atoms with Crippen molar-refractivity contribution in [2.24, 2.45) is 0 Å². The van der Waals surface area contributed by atoms with Crippen molar-refractivity contribution in [3.05, 3.63) is 69.0 Å². The summed E-state index contributed by atoms with van der Waals surface area (Å²) < 4.78 is 0. The molecule has 0 atom stereocenters. The van der Waals surface area contributed by atoms with E-state index in [4.69, 9.17) is 0 Å². The molecule has 0 aliphatic carbocycles. The highest BCUT2D eigenvalue weighted by atomic mass is 16.3. The number of carbonyl (C=O) groups excluding carboxylic acids is 1. The van der Waals surface area contributed by atoms with E-state index in [0.29, 0.717) is 11.4 Å². The Labute approximate surface area is 124 Å². The lowest BCUT2D eigenvalue weighted by atomic mass is 10.4. The number of urea groups is 1. The topological polar surface area (TPSA) is 116 Å². The highest BCUT2D eigenvalue weighted by molar-refractivity contribution is 5.99. The molecule has 0 bridgehead atoms. The van der Waals surface area contributed by atoms with Crippen molar-refractivity contribution < 1.29 is 15.0 Å². The fourth-order valence-electron chi connectivity index (χ4n) is 1.57. The van der Waals surface area contributed by atoms with Crippen LogP contribution in [0, 0.1) is 0 Å². The van der Waals surface area contributed by atoms with Gasteiger partial charge in [-0.2, -0.15) is 0 Å². The third-order valence-corrected chi connectivity index (χ3v) is 2.69. The number of rotatable bonds is 2. The van der Waals surface area contributed by atoms with Gasteiger partial charge >= 0.3 is 6.03 Å². The van der Waals surface area contributed by atoms with Gasteiger partial charge in [-0.05, 0) is 48.5 Å². The lowest BCUT2D eigenvalue weighted by Gasteiger charge is -2.05. The van der Waals surface area contributed by atoms with Crippen LogP contribution in [0.25, 0.3) is 0 Å². The highest BCUT2D eigenvalue weighted by Gasteiger charge is 2.03. The molecule has 4 N–H and O–H groups in total. The zero-order valence-corrected chi connectivity index (χ0v) is 11.2. The largest absolute Gasteiger partial charge is 0.504 e. The van der Waals surface area contributed by atoms with E-state index < -0.39 is 28.4 Å². The molecule has 0 aliphatic rings. The van der Waals surface area contributed by atoms with E-state index in [-0.39, 0.29) is 0 Å². The second kappa shape index (κ2) is 6.40. The van der Waals surface area contributed by atoms with Crippen molar-refractivity contribution in [3.63, 3.8) is 0 Å². The van der Waals surface area contributed by atoms with Gasteiger partial charge in [0.05, 0.1) is 0 Å². The summed E-state index contributed by atoms with van der Waals surface area (Å²) in [7, 11) is 0. The average molecular weight is 300 g/mol. The van der Waals surface area contributed by atoms with Crippen molar-refractivity contribution in [1.29, 1.82) is 0 Å². The van der Waals surface area contributed by atoms with Crippen molar-refractivity contribution in [1.82, 2.24) is 0 Å². The average Bonchev–Trinajstić information content (AvgIpc) is 2.73. The van der Waals surface area contributed by atoms with Gasteiger partial charge < -0.3 is 20.8 Å². The second-order valence-corrected chi connectivity index (χ2v) is 4.32. The van der Waals surface area contributed by atoms with E-state index in [1.807, 2.05) is 0 Å². The van der Waals surface area contributed by atoms with Crippen LogP contribution in [-0.2, 0) is 0 Å². The molecular formula is C15H12N2O5. The van der Waals surface area contributed by atoms with Crippen molar-refractivity contribution >= 4 is 17.4 Å². The van der Waals surface area contributed by atoms with Gasteiger partial charge in [0.2, 0.25) is 10.9 Å². The van der Waals surface area contributed by atoms with Crippen LogP contribution in [0.1, 0.15) is 0 Å². The number of amides is 2. The first-order valence-electron chi connectivity index (χ1n) is 6.20. The Balaban J connectivity index is 2.14. The van der Waals surface area contributed by atoms with Crippen molar-refractivity contribution in [2.75, 3.05) is 10.6 Å². The molecule has 7 heteroatoms. The maximum Gasteiger partial charge on any atom is 0.323 e. The summed E-state index contributed by atoms with van der Waals surface area (Å²) in [5, 5.41) is 23.4. The first kappa shape index (κ1) is 15.0. The first-order chi connectivity index (χ1) is 10.5. The molecule has 2 rings (SSSR count). The molecule has 0 fully saturated rings. The normalized spacial score (nSPS) is 9.82. The Morgan fingerprint density at radius 2 is 1.05 bits per heavy atom. The summed E-state index contributed by atoms with van der Waals surface area (Å²) >= 11 is 0. The third-order valence-electron chi connectivity index (χ3n) is 2.69. The van der Waals surface area contributed by atoms with Crippen LogP contribution < -0.4 is 21.5 Å². The van der Waals surface area contributed by atoms with Gasteiger partial charge in [0.25, 0.3) is 0 Å². The van der Waals surface area contributed by atoms with Gasteiger partial charge in [0, 0.05) is 11.4 Å². The van der Waals surface area contributed by atoms with E-state index >= 15 is 0 Å². The molecule has 0 aromatic heterocycles. The zero-order chi connectivity index (χ0) is 16.1. The highest BCUT2D eigenvalue weighted by Crippen LogP contribution is 2.10. The van der Waals surface area contributed by atoms with Crippen LogP contribution in [0.4, 0.5) is 16.2 Å². The Morgan fingerprint density at radius 3 is 1.45 bits per heavy atom. The maximum absolute atomic E-state index is 11.8. The van der Waals surface area contributed by atoms with Gasteiger partial charge in [-0.3, -0.25) is 9.59 Å². The molecule has 0 radical (unpaired) electrons. The molecule has 0 heterocycles. The second-order valence-electron chi connectivity index (χ2n) is 4.32.